The first-order chi connectivity index (χ1) is 6.68. The molecule has 2 N–H and O–H groups in total. The van der Waals surface area contributed by atoms with Crippen LogP contribution in [0.3, 0.4) is 0 Å². The molecule has 3 heteroatoms. The minimum absolute atomic E-state index is 0.192. The molecule has 1 heterocycles. The van der Waals surface area contributed by atoms with E-state index in [1.54, 1.807) is 0 Å². The van der Waals surface area contributed by atoms with Crippen molar-refractivity contribution in [3.05, 3.63) is 23.7 Å². The van der Waals surface area contributed by atoms with Crippen LogP contribution in [0.4, 0.5) is 0 Å². The third-order valence-electron chi connectivity index (χ3n) is 2.07. The highest BCUT2D eigenvalue weighted by Gasteiger charge is 1.98. The maximum atomic E-state index is 9.03. The molecule has 1 unspecified atom stereocenters. The summed E-state index contributed by atoms with van der Waals surface area (Å²) in [7, 11) is 0. The molecule has 0 aliphatic carbocycles. The molecule has 0 aliphatic heterocycles. The van der Waals surface area contributed by atoms with Gasteiger partial charge in [0.25, 0.3) is 0 Å². The summed E-state index contributed by atoms with van der Waals surface area (Å²) in [5, 5.41) is 12.3. The highest BCUT2D eigenvalue weighted by atomic mass is 16.3. The molecular weight excluding hydrogens is 178 g/mol. The molecule has 1 rings (SSSR count). The summed E-state index contributed by atoms with van der Waals surface area (Å²) in [6.07, 6.45) is 1.66. The zero-order valence-corrected chi connectivity index (χ0v) is 8.92. The van der Waals surface area contributed by atoms with Gasteiger partial charge in [0, 0.05) is 0 Å². The molecule has 0 amide bonds. The van der Waals surface area contributed by atoms with Crippen LogP contribution in [0.25, 0.3) is 0 Å². The van der Waals surface area contributed by atoms with Crippen LogP contribution < -0.4 is 5.32 Å². The molecular formula is C11H19NO2. The second kappa shape index (κ2) is 5.83. The Morgan fingerprint density at radius 3 is 2.86 bits per heavy atom. The van der Waals surface area contributed by atoms with Gasteiger partial charge in [-0.3, -0.25) is 0 Å². The molecule has 0 spiro atoms. The van der Waals surface area contributed by atoms with Crippen LogP contribution in [0.15, 0.2) is 16.5 Å². The number of rotatable bonds is 6. The number of hydrogen-bond acceptors (Lipinski definition) is 3. The van der Waals surface area contributed by atoms with Crippen LogP contribution in [0.1, 0.15) is 31.3 Å². The van der Waals surface area contributed by atoms with Gasteiger partial charge in [-0.25, -0.2) is 0 Å². The van der Waals surface area contributed by atoms with Gasteiger partial charge in [0.1, 0.15) is 11.5 Å². The lowest BCUT2D eigenvalue weighted by molar-refractivity contribution is 0.181. The van der Waals surface area contributed by atoms with Crippen molar-refractivity contribution in [1.29, 1.82) is 0 Å². The van der Waals surface area contributed by atoms with Crippen molar-refractivity contribution in [1.82, 2.24) is 5.32 Å². The number of aryl methyl sites for hydroxylation is 1. The van der Waals surface area contributed by atoms with E-state index in [2.05, 4.69) is 5.32 Å². The highest BCUT2D eigenvalue weighted by molar-refractivity contribution is 5.04. The molecule has 0 fully saturated rings. The molecule has 0 aromatic carbocycles. The maximum Gasteiger partial charge on any atom is 0.117 e. The zero-order valence-electron chi connectivity index (χ0n) is 8.92. The van der Waals surface area contributed by atoms with Gasteiger partial charge in [-0.1, -0.05) is 0 Å². The topological polar surface area (TPSA) is 45.4 Å². The Kier molecular flexibility index (Phi) is 4.70. The van der Waals surface area contributed by atoms with E-state index in [1.807, 2.05) is 26.0 Å². The van der Waals surface area contributed by atoms with Crippen molar-refractivity contribution < 1.29 is 9.52 Å². The first-order valence-electron chi connectivity index (χ1n) is 5.12. The minimum Gasteiger partial charge on any atom is -0.465 e. The van der Waals surface area contributed by atoms with Crippen molar-refractivity contribution in [2.75, 3.05) is 6.54 Å². The molecule has 80 valence electrons. The van der Waals surface area contributed by atoms with Crippen LogP contribution in [0.2, 0.25) is 0 Å². The summed E-state index contributed by atoms with van der Waals surface area (Å²) >= 11 is 0. The third kappa shape index (κ3) is 4.44. The van der Waals surface area contributed by atoms with Gasteiger partial charge in [-0.2, -0.15) is 0 Å². The Morgan fingerprint density at radius 1 is 1.50 bits per heavy atom. The summed E-state index contributed by atoms with van der Waals surface area (Å²) in [4.78, 5) is 0. The summed E-state index contributed by atoms with van der Waals surface area (Å²) in [6, 6.07) is 3.95. The molecule has 0 bridgehead atoms. The van der Waals surface area contributed by atoms with E-state index >= 15 is 0 Å². The normalized spacial score (nSPS) is 13.1. The third-order valence-corrected chi connectivity index (χ3v) is 2.07. The summed E-state index contributed by atoms with van der Waals surface area (Å²) < 4.78 is 5.40. The molecule has 0 aliphatic rings. The van der Waals surface area contributed by atoms with E-state index in [1.165, 1.54) is 0 Å². The lowest BCUT2D eigenvalue weighted by atomic mass is 10.2. The smallest absolute Gasteiger partial charge is 0.117 e. The monoisotopic (exact) mass is 197 g/mol. The van der Waals surface area contributed by atoms with Gasteiger partial charge >= 0.3 is 0 Å². The first-order valence-corrected chi connectivity index (χ1v) is 5.12. The molecule has 0 saturated heterocycles. The maximum absolute atomic E-state index is 9.03. The Bertz CT molecular complexity index is 256. The molecule has 14 heavy (non-hydrogen) atoms. The second-order valence-corrected chi connectivity index (χ2v) is 3.68. The molecule has 1 aromatic heterocycles. The van der Waals surface area contributed by atoms with Crippen LogP contribution >= 0.6 is 0 Å². The van der Waals surface area contributed by atoms with E-state index in [9.17, 15) is 0 Å². The number of hydrogen-bond donors (Lipinski definition) is 2. The highest BCUT2D eigenvalue weighted by Crippen LogP contribution is 2.05. The van der Waals surface area contributed by atoms with Gasteiger partial charge in [0.2, 0.25) is 0 Å². The SMILES string of the molecule is Cc1ccc(CNCCCC(C)O)o1. The van der Waals surface area contributed by atoms with Crippen LogP contribution in [0, 0.1) is 6.92 Å². The summed E-state index contributed by atoms with van der Waals surface area (Å²) in [6.45, 7) is 5.45. The number of aliphatic hydroxyl groups excluding tert-OH is 1. The number of nitrogens with one attached hydrogen (secondary N) is 1. The lowest BCUT2D eigenvalue weighted by Gasteiger charge is -2.04. The number of furan rings is 1. The molecule has 1 aromatic rings. The van der Waals surface area contributed by atoms with Crippen LogP contribution in [0.5, 0.6) is 0 Å². The van der Waals surface area contributed by atoms with Gasteiger partial charge in [0.15, 0.2) is 0 Å². The van der Waals surface area contributed by atoms with Gasteiger partial charge in [-0.15, -0.1) is 0 Å². The predicted molar refractivity (Wildman–Crippen MR) is 56.1 cm³/mol. The van der Waals surface area contributed by atoms with E-state index < -0.39 is 0 Å². The lowest BCUT2D eigenvalue weighted by Crippen LogP contribution is -2.15. The summed E-state index contributed by atoms with van der Waals surface area (Å²) in [5.41, 5.74) is 0. The zero-order chi connectivity index (χ0) is 10.4. The Balaban J connectivity index is 2.04. The van der Waals surface area contributed by atoms with Crippen LogP contribution in [-0.4, -0.2) is 17.8 Å². The van der Waals surface area contributed by atoms with E-state index in [-0.39, 0.29) is 6.10 Å². The quantitative estimate of drug-likeness (QED) is 0.684. The largest absolute Gasteiger partial charge is 0.465 e. The van der Waals surface area contributed by atoms with Crippen molar-refractivity contribution in [2.24, 2.45) is 0 Å². The standard InChI is InChI=1S/C11H19NO2/c1-9(13)4-3-7-12-8-11-6-5-10(2)14-11/h5-6,9,12-13H,3-4,7-8H2,1-2H3. The fraction of sp³-hybridized carbons (Fsp3) is 0.636. The fourth-order valence-electron chi connectivity index (χ4n) is 1.31. The first kappa shape index (κ1) is 11.3. The van der Waals surface area contributed by atoms with E-state index in [0.717, 1.165) is 37.5 Å². The average Bonchev–Trinajstić information content (AvgIpc) is 2.50. The molecule has 0 saturated carbocycles. The molecule has 3 nitrogen and oxygen atoms in total. The fourth-order valence-corrected chi connectivity index (χ4v) is 1.31. The van der Waals surface area contributed by atoms with Gasteiger partial charge < -0.3 is 14.8 Å². The van der Waals surface area contributed by atoms with Gasteiger partial charge in [0.05, 0.1) is 12.6 Å². The van der Waals surface area contributed by atoms with E-state index in [4.69, 9.17) is 9.52 Å². The van der Waals surface area contributed by atoms with Gasteiger partial charge in [-0.05, 0) is 45.4 Å². The van der Waals surface area contributed by atoms with Crippen molar-refractivity contribution in [2.45, 2.75) is 39.3 Å². The van der Waals surface area contributed by atoms with Crippen LogP contribution in [-0.2, 0) is 6.54 Å². The number of aliphatic hydroxyl groups is 1. The van der Waals surface area contributed by atoms with Crippen molar-refractivity contribution in [3.63, 3.8) is 0 Å². The minimum atomic E-state index is -0.192. The van der Waals surface area contributed by atoms with E-state index in [0.29, 0.717) is 0 Å². The molecule has 0 radical (unpaired) electrons. The average molecular weight is 197 g/mol. The van der Waals surface area contributed by atoms with Crippen molar-refractivity contribution in [3.8, 4) is 0 Å². The Hall–Kier alpha value is -0.800. The Morgan fingerprint density at radius 2 is 2.29 bits per heavy atom. The summed E-state index contributed by atoms with van der Waals surface area (Å²) in [5.74, 6) is 1.92. The molecule has 1 atom stereocenters. The predicted octanol–water partition coefficient (Wildman–Crippen LogP) is 1.84. The van der Waals surface area contributed by atoms with Crippen molar-refractivity contribution >= 4 is 0 Å². The second-order valence-electron chi connectivity index (χ2n) is 3.68. The Labute approximate surface area is 85.1 Å².